The Balaban J connectivity index is 1.55. The van der Waals surface area contributed by atoms with Crippen LogP contribution in [-0.2, 0) is 6.54 Å². The van der Waals surface area contributed by atoms with Crippen LogP contribution in [0.2, 0.25) is 0 Å². The van der Waals surface area contributed by atoms with Crippen LogP contribution in [0.5, 0.6) is 11.5 Å². The molecule has 0 atom stereocenters. The Morgan fingerprint density at radius 3 is 2.22 bits per heavy atom. The second-order valence-electron chi connectivity index (χ2n) is 8.00. The Morgan fingerprint density at radius 2 is 1.50 bits per heavy atom. The maximum absolute atomic E-state index is 12.4. The molecule has 2 N–H and O–H groups in total. The SMILES string of the molecule is Cc1c(C(N)=O)c(-c2ccc(-c3ccccc3)cc2)c(C)n1Cc1ccc2c(c1)OCO2. The number of aromatic nitrogens is 1. The summed E-state index contributed by atoms with van der Waals surface area (Å²) in [6.07, 6.45) is 0. The van der Waals surface area contributed by atoms with Crippen molar-refractivity contribution in [1.29, 1.82) is 0 Å². The summed E-state index contributed by atoms with van der Waals surface area (Å²) in [6, 6.07) is 24.4. The predicted molar refractivity (Wildman–Crippen MR) is 125 cm³/mol. The number of hydrogen-bond acceptors (Lipinski definition) is 3. The molecule has 160 valence electrons. The minimum atomic E-state index is -0.419. The summed E-state index contributed by atoms with van der Waals surface area (Å²) in [6.45, 7) is 4.83. The molecule has 1 aromatic heterocycles. The first-order valence-corrected chi connectivity index (χ1v) is 10.6. The van der Waals surface area contributed by atoms with E-state index in [9.17, 15) is 4.79 Å². The van der Waals surface area contributed by atoms with Gasteiger partial charge in [0.2, 0.25) is 6.79 Å². The maximum Gasteiger partial charge on any atom is 0.251 e. The molecule has 0 unspecified atom stereocenters. The lowest BCUT2D eigenvalue weighted by molar-refractivity contribution is 0.1000. The Labute approximate surface area is 187 Å². The fourth-order valence-corrected chi connectivity index (χ4v) is 4.46. The molecule has 5 heteroatoms. The van der Waals surface area contributed by atoms with Crippen molar-refractivity contribution in [3.8, 4) is 33.8 Å². The number of benzene rings is 3. The van der Waals surface area contributed by atoms with E-state index in [1.165, 1.54) is 0 Å². The molecule has 0 fully saturated rings. The molecule has 0 bridgehead atoms. The first-order chi connectivity index (χ1) is 15.5. The van der Waals surface area contributed by atoms with Gasteiger partial charge in [0, 0.05) is 23.5 Å². The van der Waals surface area contributed by atoms with Crippen molar-refractivity contribution >= 4 is 5.91 Å². The highest BCUT2D eigenvalue weighted by molar-refractivity contribution is 6.02. The van der Waals surface area contributed by atoms with Crippen molar-refractivity contribution in [3.63, 3.8) is 0 Å². The van der Waals surface area contributed by atoms with E-state index in [1.807, 2.05) is 50.2 Å². The molecule has 3 aromatic carbocycles. The van der Waals surface area contributed by atoms with E-state index in [-0.39, 0.29) is 6.79 Å². The van der Waals surface area contributed by atoms with Crippen molar-refractivity contribution in [2.24, 2.45) is 5.73 Å². The van der Waals surface area contributed by atoms with Crippen LogP contribution in [-0.4, -0.2) is 17.3 Å². The number of nitrogens with zero attached hydrogens (tertiary/aromatic N) is 1. The summed E-state index contributed by atoms with van der Waals surface area (Å²) in [5, 5.41) is 0. The lowest BCUT2D eigenvalue weighted by atomic mass is 9.97. The summed E-state index contributed by atoms with van der Waals surface area (Å²) >= 11 is 0. The first kappa shape index (κ1) is 19.9. The van der Waals surface area contributed by atoms with E-state index < -0.39 is 5.91 Å². The summed E-state index contributed by atoms with van der Waals surface area (Å²) in [7, 11) is 0. The molecule has 5 rings (SSSR count). The molecule has 1 aliphatic rings. The highest BCUT2D eigenvalue weighted by Gasteiger charge is 2.23. The first-order valence-electron chi connectivity index (χ1n) is 10.6. The van der Waals surface area contributed by atoms with E-state index in [0.717, 1.165) is 50.7 Å². The van der Waals surface area contributed by atoms with Gasteiger partial charge in [-0.2, -0.15) is 0 Å². The minimum absolute atomic E-state index is 0.245. The third kappa shape index (κ3) is 3.42. The fourth-order valence-electron chi connectivity index (χ4n) is 4.46. The van der Waals surface area contributed by atoms with Crippen LogP contribution in [0, 0.1) is 13.8 Å². The van der Waals surface area contributed by atoms with E-state index in [4.69, 9.17) is 15.2 Å². The Hall–Kier alpha value is -3.99. The zero-order valence-corrected chi connectivity index (χ0v) is 18.1. The molecule has 0 aliphatic carbocycles. The highest BCUT2D eigenvalue weighted by atomic mass is 16.7. The lowest BCUT2D eigenvalue weighted by Crippen LogP contribution is -2.13. The number of carbonyl (C=O) groups excluding carboxylic acids is 1. The van der Waals surface area contributed by atoms with Gasteiger partial charge in [0.25, 0.3) is 5.91 Å². The lowest BCUT2D eigenvalue weighted by Gasteiger charge is -2.11. The molecule has 32 heavy (non-hydrogen) atoms. The van der Waals surface area contributed by atoms with E-state index in [1.54, 1.807) is 0 Å². The van der Waals surface area contributed by atoms with E-state index >= 15 is 0 Å². The Kier molecular flexibility index (Phi) is 4.94. The molecule has 2 heterocycles. The molecular formula is C27H24N2O3. The van der Waals surface area contributed by atoms with Gasteiger partial charge in [-0.05, 0) is 48.2 Å². The largest absolute Gasteiger partial charge is 0.454 e. The van der Waals surface area contributed by atoms with Crippen LogP contribution in [0.3, 0.4) is 0 Å². The van der Waals surface area contributed by atoms with Gasteiger partial charge in [0.05, 0.1) is 5.56 Å². The van der Waals surface area contributed by atoms with Crippen molar-refractivity contribution in [2.75, 3.05) is 6.79 Å². The molecule has 1 amide bonds. The maximum atomic E-state index is 12.4. The summed E-state index contributed by atoms with van der Waals surface area (Å²) in [5.41, 5.74) is 13.5. The number of rotatable bonds is 5. The number of nitrogens with two attached hydrogens (primary N) is 1. The predicted octanol–water partition coefficient (Wildman–Crippen LogP) is 5.31. The van der Waals surface area contributed by atoms with Crippen LogP contribution in [0.4, 0.5) is 0 Å². The zero-order valence-electron chi connectivity index (χ0n) is 18.1. The number of carbonyl (C=O) groups is 1. The van der Waals surface area contributed by atoms with Gasteiger partial charge in [-0.1, -0.05) is 60.7 Å². The smallest absolute Gasteiger partial charge is 0.251 e. The van der Waals surface area contributed by atoms with Crippen molar-refractivity contribution in [2.45, 2.75) is 20.4 Å². The van der Waals surface area contributed by atoms with Gasteiger partial charge in [-0.15, -0.1) is 0 Å². The molecule has 5 nitrogen and oxygen atoms in total. The minimum Gasteiger partial charge on any atom is -0.454 e. The van der Waals surface area contributed by atoms with Gasteiger partial charge in [-0.25, -0.2) is 0 Å². The summed E-state index contributed by atoms with van der Waals surface area (Å²) in [4.78, 5) is 12.4. The number of amides is 1. The number of ether oxygens (including phenoxy) is 2. The van der Waals surface area contributed by atoms with Gasteiger partial charge >= 0.3 is 0 Å². The van der Waals surface area contributed by atoms with Crippen molar-refractivity contribution in [3.05, 3.63) is 95.3 Å². The fraction of sp³-hybridized carbons (Fsp3) is 0.148. The summed E-state index contributed by atoms with van der Waals surface area (Å²) < 4.78 is 13.1. The third-order valence-electron chi connectivity index (χ3n) is 6.09. The average molecular weight is 425 g/mol. The normalized spacial score (nSPS) is 12.2. The molecule has 0 saturated heterocycles. The monoisotopic (exact) mass is 424 g/mol. The molecule has 1 aliphatic heterocycles. The standard InChI is InChI=1S/C27H24N2O3/c1-17-25(22-11-9-21(10-12-22)20-6-4-3-5-7-20)26(27(28)30)18(2)29(17)15-19-8-13-23-24(14-19)32-16-31-23/h3-14H,15-16H2,1-2H3,(H2,28,30). The van der Waals surface area contributed by atoms with Gasteiger partial charge in [-0.3, -0.25) is 4.79 Å². The molecule has 0 saturated carbocycles. The van der Waals surface area contributed by atoms with Crippen LogP contribution in [0.15, 0.2) is 72.8 Å². The van der Waals surface area contributed by atoms with Crippen LogP contribution in [0.1, 0.15) is 27.3 Å². The van der Waals surface area contributed by atoms with Gasteiger partial charge < -0.3 is 19.8 Å². The second-order valence-corrected chi connectivity index (χ2v) is 8.00. The molecule has 0 radical (unpaired) electrons. The quantitative estimate of drug-likeness (QED) is 0.472. The highest BCUT2D eigenvalue weighted by Crippen LogP contribution is 2.36. The number of fused-ring (bicyclic) bond motifs is 1. The van der Waals surface area contributed by atoms with Crippen molar-refractivity contribution < 1.29 is 14.3 Å². The van der Waals surface area contributed by atoms with Crippen LogP contribution >= 0.6 is 0 Å². The van der Waals surface area contributed by atoms with E-state index in [2.05, 4.69) is 41.0 Å². The molecule has 0 spiro atoms. The summed E-state index contributed by atoms with van der Waals surface area (Å²) in [5.74, 6) is 1.08. The average Bonchev–Trinajstić information content (AvgIpc) is 3.37. The Morgan fingerprint density at radius 1 is 0.844 bits per heavy atom. The number of primary amides is 1. The topological polar surface area (TPSA) is 66.5 Å². The second kappa shape index (κ2) is 7.93. The van der Waals surface area contributed by atoms with Crippen LogP contribution < -0.4 is 15.2 Å². The van der Waals surface area contributed by atoms with E-state index in [0.29, 0.717) is 12.1 Å². The Bertz CT molecular complexity index is 1310. The van der Waals surface area contributed by atoms with Crippen LogP contribution in [0.25, 0.3) is 22.3 Å². The van der Waals surface area contributed by atoms with Gasteiger partial charge in [0.15, 0.2) is 11.5 Å². The third-order valence-corrected chi connectivity index (χ3v) is 6.09. The zero-order chi connectivity index (χ0) is 22.2. The number of hydrogen-bond donors (Lipinski definition) is 1. The van der Waals surface area contributed by atoms with Gasteiger partial charge in [0.1, 0.15) is 0 Å². The molecular weight excluding hydrogens is 400 g/mol. The molecule has 4 aromatic rings. The van der Waals surface area contributed by atoms with Crippen molar-refractivity contribution in [1.82, 2.24) is 4.57 Å².